The molecule has 0 aliphatic rings. The second kappa shape index (κ2) is 11.0. The topological polar surface area (TPSA) is 98.3 Å². The zero-order chi connectivity index (χ0) is 26.6. The van der Waals surface area contributed by atoms with Gasteiger partial charge in [0.2, 0.25) is 12.0 Å². The summed E-state index contributed by atoms with van der Waals surface area (Å²) in [6, 6.07) is 19.6. The van der Waals surface area contributed by atoms with Crippen LogP contribution in [-0.2, 0) is 11.2 Å². The molecule has 0 radical (unpaired) electrons. The first kappa shape index (κ1) is 26.1. The zero-order valence-corrected chi connectivity index (χ0v) is 19.9. The monoisotopic (exact) mass is 527 g/mol. The highest BCUT2D eigenvalue weighted by atomic mass is 35.5. The molecular formula is C27H21ClF3N3O3. The van der Waals surface area contributed by atoms with Crippen LogP contribution < -0.4 is 10.5 Å². The summed E-state index contributed by atoms with van der Waals surface area (Å²) < 4.78 is 48.2. The maximum atomic E-state index is 14.2. The molecule has 37 heavy (non-hydrogen) atoms. The SMILES string of the molecule is N[C@@H](Cc1ccc(-c2cc(OC(c3ccccc3-c3cccc(Cl)c3)C(F)(F)F)ncn2)cc1)C(=O)O. The zero-order valence-electron chi connectivity index (χ0n) is 19.2. The molecule has 0 saturated carbocycles. The number of carboxylic acid groups (broad SMARTS) is 1. The number of rotatable bonds is 8. The quantitative estimate of drug-likeness (QED) is 0.287. The number of carbonyl (C=O) groups is 1. The molecule has 0 saturated heterocycles. The van der Waals surface area contributed by atoms with Crippen molar-refractivity contribution in [3.63, 3.8) is 0 Å². The van der Waals surface area contributed by atoms with Crippen LogP contribution in [0.4, 0.5) is 13.2 Å². The van der Waals surface area contributed by atoms with Gasteiger partial charge in [-0.3, -0.25) is 4.79 Å². The number of halogens is 4. The highest BCUT2D eigenvalue weighted by Gasteiger charge is 2.44. The van der Waals surface area contributed by atoms with Crippen LogP contribution in [0.2, 0.25) is 5.02 Å². The van der Waals surface area contributed by atoms with E-state index in [1.807, 2.05) is 0 Å². The molecular weight excluding hydrogens is 507 g/mol. The van der Waals surface area contributed by atoms with E-state index >= 15 is 0 Å². The van der Waals surface area contributed by atoms with Gasteiger partial charge in [-0.15, -0.1) is 0 Å². The van der Waals surface area contributed by atoms with E-state index in [9.17, 15) is 18.0 Å². The minimum Gasteiger partial charge on any atom is -0.480 e. The summed E-state index contributed by atoms with van der Waals surface area (Å²) in [7, 11) is 0. The van der Waals surface area contributed by atoms with E-state index in [1.165, 1.54) is 18.2 Å². The summed E-state index contributed by atoms with van der Waals surface area (Å²) in [6.45, 7) is 0. The molecule has 0 aliphatic carbocycles. The first-order chi connectivity index (χ1) is 17.6. The predicted octanol–water partition coefficient (Wildman–Crippen LogP) is 6.10. The number of hydrogen-bond acceptors (Lipinski definition) is 5. The summed E-state index contributed by atoms with van der Waals surface area (Å²) in [5, 5.41) is 9.37. The third-order valence-electron chi connectivity index (χ3n) is 5.58. The van der Waals surface area contributed by atoms with Gasteiger partial charge < -0.3 is 15.6 Å². The molecule has 1 heterocycles. The van der Waals surface area contributed by atoms with Crippen LogP contribution in [-0.4, -0.2) is 33.3 Å². The van der Waals surface area contributed by atoms with Crippen molar-refractivity contribution in [3.8, 4) is 28.3 Å². The average molecular weight is 528 g/mol. The Morgan fingerprint density at radius 3 is 2.38 bits per heavy atom. The summed E-state index contributed by atoms with van der Waals surface area (Å²) >= 11 is 6.07. The first-order valence-corrected chi connectivity index (χ1v) is 11.5. The van der Waals surface area contributed by atoms with Crippen molar-refractivity contribution in [2.24, 2.45) is 5.73 Å². The van der Waals surface area contributed by atoms with Crippen molar-refractivity contribution < 1.29 is 27.8 Å². The van der Waals surface area contributed by atoms with Gasteiger partial charge in [0.25, 0.3) is 0 Å². The van der Waals surface area contributed by atoms with Crippen LogP contribution in [0.15, 0.2) is 85.2 Å². The molecule has 10 heteroatoms. The second-order valence-corrected chi connectivity index (χ2v) is 8.66. The van der Waals surface area contributed by atoms with Gasteiger partial charge in [0, 0.05) is 22.2 Å². The lowest BCUT2D eigenvalue weighted by Gasteiger charge is -2.24. The fraction of sp³-hybridized carbons (Fsp3) is 0.148. The van der Waals surface area contributed by atoms with Gasteiger partial charge in [-0.1, -0.05) is 72.3 Å². The van der Waals surface area contributed by atoms with Crippen molar-refractivity contribution in [2.45, 2.75) is 24.7 Å². The number of carboxylic acids is 1. The fourth-order valence-corrected chi connectivity index (χ4v) is 3.98. The Kier molecular flexibility index (Phi) is 7.75. The van der Waals surface area contributed by atoms with Crippen molar-refractivity contribution >= 4 is 17.6 Å². The number of alkyl halides is 3. The molecule has 3 N–H and O–H groups in total. The number of nitrogens with zero attached hydrogens (tertiary/aromatic N) is 2. The maximum Gasteiger partial charge on any atom is 0.429 e. The second-order valence-electron chi connectivity index (χ2n) is 8.22. The Hall–Kier alpha value is -3.95. The van der Waals surface area contributed by atoms with Crippen molar-refractivity contribution in [1.29, 1.82) is 0 Å². The summed E-state index contributed by atoms with van der Waals surface area (Å²) in [6.07, 6.45) is -5.79. The van der Waals surface area contributed by atoms with Crippen LogP contribution in [0.1, 0.15) is 17.2 Å². The van der Waals surface area contributed by atoms with Gasteiger partial charge >= 0.3 is 12.1 Å². The van der Waals surface area contributed by atoms with Gasteiger partial charge in [-0.25, -0.2) is 9.97 Å². The largest absolute Gasteiger partial charge is 0.480 e. The van der Waals surface area contributed by atoms with E-state index in [1.54, 1.807) is 60.7 Å². The third-order valence-corrected chi connectivity index (χ3v) is 5.81. The minimum absolute atomic E-state index is 0.0865. The Morgan fingerprint density at radius 2 is 1.70 bits per heavy atom. The Bertz CT molecular complexity index is 1400. The van der Waals surface area contributed by atoms with E-state index in [0.29, 0.717) is 33.0 Å². The van der Waals surface area contributed by atoms with Gasteiger partial charge in [0.1, 0.15) is 12.4 Å². The molecule has 4 rings (SSSR count). The molecule has 1 aromatic heterocycles. The average Bonchev–Trinajstić information content (AvgIpc) is 2.87. The van der Waals surface area contributed by atoms with E-state index in [-0.39, 0.29) is 17.9 Å². The minimum atomic E-state index is -4.75. The highest BCUT2D eigenvalue weighted by Crippen LogP contribution is 2.41. The molecule has 0 bridgehead atoms. The van der Waals surface area contributed by atoms with Gasteiger partial charge in [-0.05, 0) is 35.2 Å². The fourth-order valence-electron chi connectivity index (χ4n) is 3.79. The van der Waals surface area contributed by atoms with Crippen molar-refractivity contribution in [2.75, 3.05) is 0 Å². The number of aromatic nitrogens is 2. The Morgan fingerprint density at radius 1 is 0.973 bits per heavy atom. The van der Waals surface area contributed by atoms with Crippen LogP contribution in [0.25, 0.3) is 22.4 Å². The number of ether oxygens (including phenoxy) is 1. The lowest BCUT2D eigenvalue weighted by molar-refractivity contribution is -0.198. The maximum absolute atomic E-state index is 14.2. The van der Waals surface area contributed by atoms with E-state index < -0.39 is 24.3 Å². The van der Waals surface area contributed by atoms with Crippen LogP contribution >= 0.6 is 11.6 Å². The third kappa shape index (κ3) is 6.44. The van der Waals surface area contributed by atoms with Crippen LogP contribution in [0.5, 0.6) is 5.88 Å². The molecule has 1 unspecified atom stereocenters. The van der Waals surface area contributed by atoms with Crippen LogP contribution in [0.3, 0.4) is 0 Å². The first-order valence-electron chi connectivity index (χ1n) is 11.1. The highest BCUT2D eigenvalue weighted by molar-refractivity contribution is 6.30. The van der Waals surface area contributed by atoms with E-state index in [4.69, 9.17) is 27.2 Å². The lowest BCUT2D eigenvalue weighted by atomic mass is 9.96. The van der Waals surface area contributed by atoms with Crippen molar-refractivity contribution in [3.05, 3.63) is 101 Å². The van der Waals surface area contributed by atoms with E-state index in [0.717, 1.165) is 6.33 Å². The number of benzene rings is 3. The molecule has 4 aromatic rings. The van der Waals surface area contributed by atoms with Gasteiger partial charge in [0.05, 0.1) is 5.69 Å². The number of hydrogen-bond donors (Lipinski definition) is 2. The molecule has 0 aliphatic heterocycles. The van der Waals surface area contributed by atoms with Crippen molar-refractivity contribution in [1.82, 2.24) is 9.97 Å². The normalized spacial score (nSPS) is 13.1. The Labute approximate surface area is 215 Å². The number of aliphatic carboxylic acids is 1. The molecule has 0 spiro atoms. The van der Waals surface area contributed by atoms with Gasteiger partial charge in [0.15, 0.2) is 0 Å². The molecule has 3 aromatic carbocycles. The lowest BCUT2D eigenvalue weighted by Crippen LogP contribution is -2.32. The predicted molar refractivity (Wildman–Crippen MR) is 133 cm³/mol. The molecule has 6 nitrogen and oxygen atoms in total. The van der Waals surface area contributed by atoms with Crippen LogP contribution in [0, 0.1) is 0 Å². The van der Waals surface area contributed by atoms with E-state index in [2.05, 4.69) is 9.97 Å². The Balaban J connectivity index is 1.64. The van der Waals surface area contributed by atoms with Gasteiger partial charge in [-0.2, -0.15) is 13.2 Å². The molecule has 0 amide bonds. The molecule has 2 atom stereocenters. The molecule has 0 fully saturated rings. The standard InChI is InChI=1S/C27H21ClF3N3O3/c28-19-5-3-4-18(13-19)20-6-1-2-7-21(20)25(27(29,30)31)37-24-14-23(33-15-34-24)17-10-8-16(9-11-17)12-22(32)26(35)36/h1-11,13-15,22,25H,12,32H2,(H,35,36)/t22-,25?/m0/s1. The summed E-state index contributed by atoms with van der Waals surface area (Å²) in [5.41, 5.74) is 7.95. The summed E-state index contributed by atoms with van der Waals surface area (Å²) in [4.78, 5) is 19.0. The smallest absolute Gasteiger partial charge is 0.429 e. The molecule has 190 valence electrons. The number of nitrogens with two attached hydrogens (primary N) is 1. The summed E-state index contributed by atoms with van der Waals surface area (Å²) in [5.74, 6) is -1.37.